The van der Waals surface area contributed by atoms with Crippen LogP contribution in [0.3, 0.4) is 0 Å². The smallest absolute Gasteiger partial charge is 0.233 e. The molecule has 1 aliphatic heterocycles. The molecule has 1 aromatic rings. The summed E-state index contributed by atoms with van der Waals surface area (Å²) in [4.78, 5) is 14.3. The predicted molar refractivity (Wildman–Crippen MR) is 79.0 cm³/mol. The summed E-state index contributed by atoms with van der Waals surface area (Å²) in [6, 6.07) is 0. The Morgan fingerprint density at radius 1 is 1.44 bits per heavy atom. The van der Waals surface area contributed by atoms with Gasteiger partial charge in [-0.2, -0.15) is 0 Å². The van der Waals surface area contributed by atoms with E-state index in [0.29, 0.717) is 6.42 Å². The largest absolute Gasteiger partial charge is 0.312 e. The van der Waals surface area contributed by atoms with Crippen molar-refractivity contribution in [1.29, 1.82) is 0 Å². The van der Waals surface area contributed by atoms with Gasteiger partial charge in [-0.1, -0.05) is 0 Å². The number of halogens is 2. The maximum absolute atomic E-state index is 12.3. The first-order chi connectivity index (χ1) is 8.52. The third-order valence-electron chi connectivity index (χ3n) is 3.12. The van der Waals surface area contributed by atoms with E-state index in [0.717, 1.165) is 40.8 Å². The molecule has 2 rings (SSSR count). The molecule has 0 bridgehead atoms. The summed E-state index contributed by atoms with van der Waals surface area (Å²) in [6.45, 7) is 2.52. The summed E-state index contributed by atoms with van der Waals surface area (Å²) >= 11 is 7.09. The molecule has 0 unspecified atom stereocenters. The van der Waals surface area contributed by atoms with Crippen LogP contribution in [0.15, 0.2) is 9.08 Å². The quantitative estimate of drug-likeness (QED) is 0.876. The van der Waals surface area contributed by atoms with Gasteiger partial charge in [0.2, 0.25) is 5.91 Å². The first kappa shape index (κ1) is 14.2. The molecule has 2 heterocycles. The van der Waals surface area contributed by atoms with Gasteiger partial charge >= 0.3 is 0 Å². The number of hydrogen-bond donors (Lipinski definition) is 1. The van der Waals surface area contributed by atoms with Crippen molar-refractivity contribution in [2.75, 3.05) is 27.2 Å². The van der Waals surface area contributed by atoms with Crippen LogP contribution < -0.4 is 5.32 Å². The topological polar surface area (TPSA) is 37.3 Å². The highest BCUT2D eigenvalue weighted by Crippen LogP contribution is 2.34. The number of fused-ring (bicyclic) bond motifs is 1. The molecule has 0 aliphatic carbocycles. The minimum Gasteiger partial charge on any atom is -0.312 e. The minimum atomic E-state index is 0.152. The normalized spacial score (nSPS) is 14.9. The average Bonchev–Trinajstić information content (AvgIpc) is 2.60. The first-order valence-corrected chi connectivity index (χ1v) is 7.57. The maximum Gasteiger partial charge on any atom is 0.233 e. The summed E-state index contributed by atoms with van der Waals surface area (Å²) in [5.41, 5.74) is 2.34. The second-order valence-corrected chi connectivity index (χ2v) is 6.28. The molecule has 4 nitrogen and oxygen atoms in total. The molecule has 0 aromatic carbocycles. The number of nitrogens with zero attached hydrogens (tertiary/aromatic N) is 2. The molecule has 0 spiro atoms. The van der Waals surface area contributed by atoms with E-state index in [2.05, 4.69) is 37.2 Å². The van der Waals surface area contributed by atoms with Gasteiger partial charge in [-0.05, 0) is 46.0 Å². The fraction of sp³-hybridized carbons (Fsp3) is 0.583. The molecule has 0 saturated heterocycles. The molecular weight excluding hydrogens is 362 g/mol. The zero-order valence-corrected chi connectivity index (χ0v) is 13.8. The Morgan fingerprint density at radius 3 is 2.83 bits per heavy atom. The molecule has 1 aromatic heterocycles. The van der Waals surface area contributed by atoms with Crippen molar-refractivity contribution in [1.82, 2.24) is 14.8 Å². The second-order valence-electron chi connectivity index (χ2n) is 4.74. The minimum absolute atomic E-state index is 0.152. The molecule has 6 heteroatoms. The van der Waals surface area contributed by atoms with Crippen LogP contribution in [0, 0.1) is 0 Å². The van der Waals surface area contributed by atoms with E-state index in [1.165, 1.54) is 5.56 Å². The highest BCUT2D eigenvalue weighted by atomic mass is 79.9. The van der Waals surface area contributed by atoms with Crippen LogP contribution in [-0.2, 0) is 13.0 Å². The van der Waals surface area contributed by atoms with E-state index in [1.807, 2.05) is 23.6 Å². The van der Waals surface area contributed by atoms with Crippen LogP contribution in [0.5, 0.6) is 0 Å². The molecule has 0 amide bonds. The van der Waals surface area contributed by atoms with Crippen molar-refractivity contribution in [3.63, 3.8) is 0 Å². The van der Waals surface area contributed by atoms with Gasteiger partial charge in [0.25, 0.3) is 0 Å². The Morgan fingerprint density at radius 2 is 2.17 bits per heavy atom. The lowest BCUT2D eigenvalue weighted by molar-refractivity contribution is 0.0886. The van der Waals surface area contributed by atoms with Crippen LogP contribution >= 0.6 is 31.9 Å². The SMILES string of the molecule is CN(C)CCC(=O)n1c(Br)c(Br)c2c1CCNC2. The van der Waals surface area contributed by atoms with Gasteiger partial charge in [-0.15, -0.1) is 0 Å². The zero-order valence-electron chi connectivity index (χ0n) is 10.6. The molecule has 0 atom stereocenters. The lowest BCUT2D eigenvalue weighted by Gasteiger charge is -2.17. The van der Waals surface area contributed by atoms with E-state index in [-0.39, 0.29) is 5.91 Å². The Labute approximate surface area is 124 Å². The molecule has 18 heavy (non-hydrogen) atoms. The van der Waals surface area contributed by atoms with Gasteiger partial charge in [0, 0.05) is 43.7 Å². The van der Waals surface area contributed by atoms with Gasteiger partial charge < -0.3 is 10.2 Å². The van der Waals surface area contributed by atoms with E-state index >= 15 is 0 Å². The number of hydrogen-bond acceptors (Lipinski definition) is 3. The highest BCUT2D eigenvalue weighted by molar-refractivity contribution is 9.13. The van der Waals surface area contributed by atoms with E-state index in [9.17, 15) is 4.79 Å². The maximum atomic E-state index is 12.3. The monoisotopic (exact) mass is 377 g/mol. The molecule has 1 N–H and O–H groups in total. The van der Waals surface area contributed by atoms with E-state index in [1.54, 1.807) is 0 Å². The van der Waals surface area contributed by atoms with Crippen molar-refractivity contribution >= 4 is 37.8 Å². The Hall–Kier alpha value is -0.170. The number of aromatic nitrogens is 1. The molecule has 0 fully saturated rings. The highest BCUT2D eigenvalue weighted by Gasteiger charge is 2.25. The molecular formula is C12H17Br2N3O. The Bertz CT molecular complexity index is 468. The lowest BCUT2D eigenvalue weighted by atomic mass is 10.1. The van der Waals surface area contributed by atoms with E-state index in [4.69, 9.17) is 0 Å². The van der Waals surface area contributed by atoms with Crippen LogP contribution in [0.2, 0.25) is 0 Å². The number of rotatable bonds is 3. The molecule has 0 saturated carbocycles. The summed E-state index contributed by atoms with van der Waals surface area (Å²) in [5.74, 6) is 0.152. The van der Waals surface area contributed by atoms with Crippen LogP contribution in [0.4, 0.5) is 0 Å². The predicted octanol–water partition coefficient (Wildman–Crippen LogP) is 2.25. The van der Waals surface area contributed by atoms with Gasteiger partial charge in [0.1, 0.15) is 4.60 Å². The fourth-order valence-electron chi connectivity index (χ4n) is 2.16. The van der Waals surface area contributed by atoms with Crippen LogP contribution in [0.1, 0.15) is 22.5 Å². The Balaban J connectivity index is 2.29. The standard InChI is InChI=1S/C12H17Br2N3O/c1-16(2)6-4-10(18)17-9-3-5-15-7-8(9)11(13)12(17)14/h15H,3-7H2,1-2H3. The van der Waals surface area contributed by atoms with Crippen molar-refractivity contribution in [3.8, 4) is 0 Å². The summed E-state index contributed by atoms with van der Waals surface area (Å²) < 4.78 is 3.67. The molecule has 0 radical (unpaired) electrons. The summed E-state index contributed by atoms with van der Waals surface area (Å²) in [7, 11) is 3.96. The van der Waals surface area contributed by atoms with Crippen molar-refractivity contribution in [2.24, 2.45) is 0 Å². The average molecular weight is 379 g/mol. The lowest BCUT2D eigenvalue weighted by Crippen LogP contribution is -2.27. The fourth-order valence-corrected chi connectivity index (χ4v) is 3.35. The first-order valence-electron chi connectivity index (χ1n) is 5.98. The van der Waals surface area contributed by atoms with Gasteiger partial charge in [-0.3, -0.25) is 9.36 Å². The third-order valence-corrected chi connectivity index (χ3v) is 5.26. The van der Waals surface area contributed by atoms with Crippen molar-refractivity contribution in [3.05, 3.63) is 20.3 Å². The second kappa shape index (κ2) is 5.86. The van der Waals surface area contributed by atoms with Gasteiger partial charge in [-0.25, -0.2) is 0 Å². The van der Waals surface area contributed by atoms with Gasteiger partial charge in [0.05, 0.1) is 4.47 Å². The van der Waals surface area contributed by atoms with Crippen molar-refractivity contribution < 1.29 is 4.79 Å². The van der Waals surface area contributed by atoms with Crippen LogP contribution in [-0.4, -0.2) is 42.6 Å². The molecule has 1 aliphatic rings. The number of nitrogens with one attached hydrogen (secondary N) is 1. The van der Waals surface area contributed by atoms with Crippen LogP contribution in [0.25, 0.3) is 0 Å². The summed E-state index contributed by atoms with van der Waals surface area (Å²) in [6.07, 6.45) is 1.43. The third kappa shape index (κ3) is 2.71. The van der Waals surface area contributed by atoms with Gasteiger partial charge in [0.15, 0.2) is 0 Å². The number of carbonyl (C=O) groups is 1. The zero-order chi connectivity index (χ0) is 13.3. The molecule has 100 valence electrons. The van der Waals surface area contributed by atoms with E-state index < -0.39 is 0 Å². The summed E-state index contributed by atoms with van der Waals surface area (Å²) in [5, 5.41) is 3.33. The number of carbonyl (C=O) groups excluding carboxylic acids is 1. The Kier molecular flexibility index (Phi) is 4.64. The van der Waals surface area contributed by atoms with Crippen molar-refractivity contribution in [2.45, 2.75) is 19.4 Å².